The molecular formula is C19H23N6S+. The summed E-state index contributed by atoms with van der Waals surface area (Å²) >= 11 is 1.67. The van der Waals surface area contributed by atoms with Crippen LogP contribution in [0.3, 0.4) is 0 Å². The molecule has 3 aromatic rings. The molecule has 0 saturated heterocycles. The average Bonchev–Trinajstić information content (AvgIpc) is 2.62. The van der Waals surface area contributed by atoms with E-state index < -0.39 is 0 Å². The Hall–Kier alpha value is -2.77. The summed E-state index contributed by atoms with van der Waals surface area (Å²) in [5.74, 6) is 1.51. The number of nitrogen functional groups attached to an aromatic ring is 1. The van der Waals surface area contributed by atoms with E-state index in [1.165, 1.54) is 0 Å². The number of hydrogen-bond donors (Lipinski definition) is 2. The zero-order valence-corrected chi connectivity index (χ0v) is 15.9. The molecule has 0 aliphatic rings. The Morgan fingerprint density at radius 1 is 1.04 bits per heavy atom. The van der Waals surface area contributed by atoms with Gasteiger partial charge in [-0.2, -0.15) is 0 Å². The quantitative estimate of drug-likeness (QED) is 0.513. The van der Waals surface area contributed by atoms with Gasteiger partial charge in [-0.1, -0.05) is 11.1 Å². The Morgan fingerprint density at radius 3 is 2.54 bits per heavy atom. The van der Waals surface area contributed by atoms with E-state index >= 15 is 0 Å². The third-order valence-corrected chi connectivity index (χ3v) is 4.52. The number of nitrogens with zero attached hydrogens (tertiary/aromatic N) is 3. The van der Waals surface area contributed by atoms with Gasteiger partial charge in [0.1, 0.15) is 5.69 Å². The van der Waals surface area contributed by atoms with Crippen molar-refractivity contribution in [3.8, 4) is 0 Å². The number of anilines is 5. The highest BCUT2D eigenvalue weighted by Gasteiger charge is 2.13. The van der Waals surface area contributed by atoms with Crippen molar-refractivity contribution >= 4 is 40.8 Å². The van der Waals surface area contributed by atoms with Crippen molar-refractivity contribution in [3.63, 3.8) is 0 Å². The van der Waals surface area contributed by atoms with Gasteiger partial charge in [0.05, 0.1) is 6.20 Å². The summed E-state index contributed by atoms with van der Waals surface area (Å²) < 4.78 is 2.06. The summed E-state index contributed by atoms with van der Waals surface area (Å²) in [6.07, 6.45) is 1.87. The van der Waals surface area contributed by atoms with Gasteiger partial charge in [-0.3, -0.25) is 4.31 Å². The number of H-pyrrole nitrogens is 1. The number of aromatic amines is 1. The molecule has 0 saturated carbocycles. The van der Waals surface area contributed by atoms with Crippen LogP contribution in [-0.2, 0) is 0 Å². The summed E-state index contributed by atoms with van der Waals surface area (Å²) in [4.78, 5) is 11.0. The fourth-order valence-corrected chi connectivity index (χ4v) is 3.18. The van der Waals surface area contributed by atoms with E-state index in [0.717, 1.165) is 27.8 Å². The Kier molecular flexibility index (Phi) is 5.60. The average molecular weight is 368 g/mol. The summed E-state index contributed by atoms with van der Waals surface area (Å²) in [6.45, 7) is 0. The van der Waals surface area contributed by atoms with Crippen LogP contribution in [0.5, 0.6) is 0 Å². The van der Waals surface area contributed by atoms with Crippen LogP contribution in [0.2, 0.25) is 0 Å². The lowest BCUT2D eigenvalue weighted by atomic mass is 10.2. The molecule has 0 fully saturated rings. The Bertz CT molecular complexity index is 866. The zero-order valence-electron chi connectivity index (χ0n) is 15.1. The molecule has 6 nitrogen and oxygen atoms in total. The summed E-state index contributed by atoms with van der Waals surface area (Å²) in [7, 11) is 6.03. The van der Waals surface area contributed by atoms with E-state index in [0.29, 0.717) is 5.95 Å². The first-order valence-electron chi connectivity index (χ1n) is 8.21. The number of nitrogens with two attached hydrogens (primary N) is 1. The van der Waals surface area contributed by atoms with Crippen LogP contribution in [0, 0.1) is 0 Å². The highest BCUT2D eigenvalue weighted by molar-refractivity contribution is 7.97. The van der Waals surface area contributed by atoms with E-state index in [1.54, 1.807) is 11.9 Å². The van der Waals surface area contributed by atoms with E-state index in [4.69, 9.17) is 5.73 Å². The monoisotopic (exact) mass is 367 g/mol. The lowest BCUT2D eigenvalue weighted by Crippen LogP contribution is -2.17. The van der Waals surface area contributed by atoms with Crippen molar-refractivity contribution in [2.75, 3.05) is 37.1 Å². The van der Waals surface area contributed by atoms with Gasteiger partial charge in [-0.15, -0.1) is 0 Å². The third-order valence-electron chi connectivity index (χ3n) is 3.69. The third kappa shape index (κ3) is 4.65. The van der Waals surface area contributed by atoms with Gasteiger partial charge in [0.2, 0.25) is 5.82 Å². The van der Waals surface area contributed by atoms with Crippen LogP contribution >= 0.6 is 11.9 Å². The van der Waals surface area contributed by atoms with Gasteiger partial charge < -0.3 is 10.6 Å². The Morgan fingerprint density at radius 2 is 1.81 bits per heavy atom. The topological polar surface area (TPSA) is 71.6 Å². The van der Waals surface area contributed by atoms with Gasteiger partial charge in [0.25, 0.3) is 0 Å². The van der Waals surface area contributed by atoms with Gasteiger partial charge in [-0.25, -0.2) is 10.3 Å². The van der Waals surface area contributed by atoms with Crippen LogP contribution in [0.4, 0.5) is 28.8 Å². The van der Waals surface area contributed by atoms with Crippen LogP contribution in [0.15, 0.2) is 65.7 Å². The van der Waals surface area contributed by atoms with E-state index in [1.807, 2.05) is 74.7 Å². The van der Waals surface area contributed by atoms with E-state index in [9.17, 15) is 0 Å². The normalized spacial score (nSPS) is 10.8. The molecule has 0 amide bonds. The maximum absolute atomic E-state index is 5.76. The lowest BCUT2D eigenvalue weighted by molar-refractivity contribution is -0.364. The molecule has 26 heavy (non-hydrogen) atoms. The first kappa shape index (κ1) is 18.0. The molecule has 1 aromatic heterocycles. The number of nitrogens with one attached hydrogen (secondary N) is 2. The smallest absolute Gasteiger partial charge is 0.396 e. The second-order valence-corrected chi connectivity index (χ2v) is 7.39. The van der Waals surface area contributed by atoms with Crippen LogP contribution < -0.4 is 20.9 Å². The van der Waals surface area contributed by atoms with Crippen LogP contribution in [0.1, 0.15) is 0 Å². The van der Waals surface area contributed by atoms with Crippen molar-refractivity contribution in [3.05, 3.63) is 60.8 Å². The molecule has 0 bridgehead atoms. The van der Waals surface area contributed by atoms with Crippen LogP contribution in [-0.4, -0.2) is 30.4 Å². The number of aromatic nitrogens is 2. The van der Waals surface area contributed by atoms with Crippen molar-refractivity contribution in [2.45, 2.75) is 4.90 Å². The van der Waals surface area contributed by atoms with E-state index in [-0.39, 0.29) is 0 Å². The largest absolute Gasteiger partial charge is 0.399 e. The maximum atomic E-state index is 5.76. The predicted molar refractivity (Wildman–Crippen MR) is 109 cm³/mol. The van der Waals surface area contributed by atoms with Gasteiger partial charge >= 0.3 is 5.95 Å². The number of rotatable bonds is 6. The fraction of sp³-hybridized carbons (Fsp3) is 0.158. The highest BCUT2D eigenvalue weighted by Crippen LogP contribution is 2.25. The molecule has 1 heterocycles. The first-order valence-corrected chi connectivity index (χ1v) is 8.99. The Balaban J connectivity index is 1.78. The lowest BCUT2D eigenvalue weighted by Gasteiger charge is -2.16. The highest BCUT2D eigenvalue weighted by atomic mass is 32.2. The summed E-state index contributed by atoms with van der Waals surface area (Å²) in [6, 6.07) is 17.9. The molecule has 0 radical (unpaired) electrons. The fourth-order valence-electron chi connectivity index (χ4n) is 2.44. The SMILES string of the molecule is CN(C)Sc1cccc(Nc2nc(N(C)c3ccc(N)cc3)cc[nH+]2)c1. The van der Waals surface area contributed by atoms with Crippen LogP contribution in [0.25, 0.3) is 0 Å². The first-order chi connectivity index (χ1) is 12.5. The van der Waals surface area contributed by atoms with Crippen molar-refractivity contribution in [2.24, 2.45) is 0 Å². The molecule has 0 aliphatic heterocycles. The molecule has 7 heteroatoms. The summed E-state index contributed by atoms with van der Waals surface area (Å²) in [5.41, 5.74) is 8.51. The molecular weight excluding hydrogens is 344 g/mol. The number of hydrogen-bond acceptors (Lipinski definition) is 6. The molecule has 3 rings (SSSR count). The molecule has 0 aliphatic carbocycles. The van der Waals surface area contributed by atoms with Crippen molar-refractivity contribution in [1.29, 1.82) is 0 Å². The minimum absolute atomic E-state index is 0.678. The standard InChI is InChI=1S/C19H22N6S/c1-24(2)26-17-6-4-5-15(13-17)22-19-21-12-11-18(23-19)25(3)16-9-7-14(20)8-10-16/h4-13H,20H2,1-3H3,(H,21,22,23)/p+1. The second kappa shape index (κ2) is 8.07. The summed E-state index contributed by atoms with van der Waals surface area (Å²) in [5, 5.41) is 3.33. The minimum atomic E-state index is 0.678. The zero-order chi connectivity index (χ0) is 18.5. The maximum Gasteiger partial charge on any atom is 0.396 e. The predicted octanol–water partition coefficient (Wildman–Crippen LogP) is 3.56. The van der Waals surface area contributed by atoms with Gasteiger partial charge in [-0.05, 0) is 68.5 Å². The second-order valence-electron chi connectivity index (χ2n) is 6.00. The molecule has 134 valence electrons. The van der Waals surface area contributed by atoms with Gasteiger partial charge in [0, 0.05) is 29.4 Å². The van der Waals surface area contributed by atoms with E-state index in [2.05, 4.69) is 31.7 Å². The molecule has 0 atom stereocenters. The molecule has 2 aromatic carbocycles. The Labute approximate surface area is 158 Å². The minimum Gasteiger partial charge on any atom is -0.399 e. The van der Waals surface area contributed by atoms with Crippen molar-refractivity contribution in [1.82, 2.24) is 9.29 Å². The molecule has 4 N–H and O–H groups in total. The number of benzene rings is 2. The van der Waals surface area contributed by atoms with Gasteiger partial charge in [0.15, 0.2) is 0 Å². The molecule has 0 unspecified atom stereocenters. The molecule has 0 spiro atoms. The van der Waals surface area contributed by atoms with Crippen molar-refractivity contribution < 1.29 is 4.98 Å².